The highest BCUT2D eigenvalue weighted by Gasteiger charge is 2.42. The number of allylic oxidation sites excluding steroid dienone is 2. The first-order valence-corrected chi connectivity index (χ1v) is 15.4. The van der Waals surface area contributed by atoms with E-state index in [1.54, 1.807) is 0 Å². The van der Waals surface area contributed by atoms with Crippen molar-refractivity contribution in [1.82, 2.24) is 0 Å². The maximum absolute atomic E-state index is 11.1. The lowest BCUT2D eigenvalue weighted by molar-refractivity contribution is -0.193. The van der Waals surface area contributed by atoms with Crippen molar-refractivity contribution in [2.45, 2.75) is 114 Å². The van der Waals surface area contributed by atoms with Crippen molar-refractivity contribution in [3.8, 4) is 0 Å². The van der Waals surface area contributed by atoms with Crippen LogP contribution in [-0.4, -0.2) is 60.3 Å². The molecule has 0 amide bonds. The molecule has 1 aromatic carbocycles. The van der Waals surface area contributed by atoms with Crippen molar-refractivity contribution in [2.24, 2.45) is 11.8 Å². The van der Waals surface area contributed by atoms with E-state index in [2.05, 4.69) is 42.5 Å². The van der Waals surface area contributed by atoms with Crippen LogP contribution >= 0.6 is 0 Å². The number of aliphatic hydroxyl groups excluding tert-OH is 1. The lowest BCUT2D eigenvalue weighted by Gasteiger charge is -2.30. The first-order valence-electron chi connectivity index (χ1n) is 15.4. The molecule has 40 heavy (non-hydrogen) atoms. The fraction of sp³-hybridized carbons (Fsp3) is 0.667. The second-order valence-electron chi connectivity index (χ2n) is 11.4. The molecule has 0 spiro atoms. The molecule has 2 N–H and O–H groups in total. The molecule has 4 rings (SSSR count). The predicted octanol–water partition coefficient (Wildman–Crippen LogP) is 6.20. The molecule has 1 aromatic rings. The molecule has 7 heteroatoms. The van der Waals surface area contributed by atoms with Crippen molar-refractivity contribution in [1.29, 1.82) is 0 Å². The van der Waals surface area contributed by atoms with Gasteiger partial charge in [-0.3, -0.25) is 4.79 Å². The highest BCUT2D eigenvalue weighted by Crippen LogP contribution is 2.39. The highest BCUT2D eigenvalue weighted by atomic mass is 16.7. The third-order valence-electron chi connectivity index (χ3n) is 8.27. The summed E-state index contributed by atoms with van der Waals surface area (Å²) < 4.78 is 24.7. The monoisotopic (exact) mass is 556 g/mol. The molecule has 222 valence electrons. The molecule has 0 aromatic heterocycles. The van der Waals surface area contributed by atoms with E-state index in [4.69, 9.17) is 24.1 Å². The zero-order valence-electron chi connectivity index (χ0n) is 23.8. The van der Waals surface area contributed by atoms with Crippen LogP contribution < -0.4 is 0 Å². The summed E-state index contributed by atoms with van der Waals surface area (Å²) in [5.74, 6) is -0.724. The Morgan fingerprint density at radius 3 is 2.48 bits per heavy atom. The Balaban J connectivity index is 1.44. The molecule has 7 nitrogen and oxygen atoms in total. The fourth-order valence-electron chi connectivity index (χ4n) is 6.01. The van der Waals surface area contributed by atoms with E-state index < -0.39 is 12.1 Å². The number of hydrogen-bond acceptors (Lipinski definition) is 6. The van der Waals surface area contributed by atoms with Crippen LogP contribution in [0, 0.1) is 11.8 Å². The van der Waals surface area contributed by atoms with Crippen molar-refractivity contribution in [3.05, 3.63) is 60.2 Å². The highest BCUT2D eigenvalue weighted by molar-refractivity contribution is 5.66. The van der Waals surface area contributed by atoms with Crippen molar-refractivity contribution < 1.29 is 34.0 Å². The van der Waals surface area contributed by atoms with Crippen LogP contribution in [0.25, 0.3) is 0 Å². The van der Waals surface area contributed by atoms with Crippen molar-refractivity contribution in [2.75, 3.05) is 13.2 Å². The quantitative estimate of drug-likeness (QED) is 0.196. The van der Waals surface area contributed by atoms with Gasteiger partial charge in [0.25, 0.3) is 0 Å². The number of hydrogen-bond donors (Lipinski definition) is 2. The molecule has 3 aliphatic rings. The number of unbranched alkanes of at least 4 members (excludes halogenated alkanes) is 1. The summed E-state index contributed by atoms with van der Waals surface area (Å²) in [7, 11) is 0. The van der Waals surface area contributed by atoms with Crippen LogP contribution in [0.3, 0.4) is 0 Å². The molecular weight excluding hydrogens is 508 g/mol. The van der Waals surface area contributed by atoms with Crippen LogP contribution in [-0.2, 0) is 30.2 Å². The largest absolute Gasteiger partial charge is 0.481 e. The van der Waals surface area contributed by atoms with E-state index in [1.165, 1.54) is 5.56 Å². The number of carboxylic acid groups (broad SMARTS) is 1. The van der Waals surface area contributed by atoms with Crippen molar-refractivity contribution in [3.63, 3.8) is 0 Å². The summed E-state index contributed by atoms with van der Waals surface area (Å²) in [6, 6.07) is 10.5. The molecule has 1 aliphatic carbocycles. The van der Waals surface area contributed by atoms with Crippen LogP contribution in [0.5, 0.6) is 0 Å². The van der Waals surface area contributed by atoms with E-state index in [0.717, 1.165) is 77.4 Å². The summed E-state index contributed by atoms with van der Waals surface area (Å²) in [6.45, 7) is 1.46. The molecule has 7 atom stereocenters. The molecule has 2 aliphatic heterocycles. The zero-order chi connectivity index (χ0) is 28.0. The van der Waals surface area contributed by atoms with E-state index in [1.807, 2.05) is 12.1 Å². The van der Waals surface area contributed by atoms with Gasteiger partial charge in [0, 0.05) is 32.0 Å². The predicted molar refractivity (Wildman–Crippen MR) is 154 cm³/mol. The molecule has 2 unspecified atom stereocenters. The first kappa shape index (κ1) is 30.9. The summed E-state index contributed by atoms with van der Waals surface area (Å²) in [5, 5.41) is 20.0. The average molecular weight is 557 g/mol. The standard InChI is InChI=1S/C33H48O7/c34-29-24-30(40-33-17-9-11-23-38-33)28(27(29)14-6-1-2-7-15-31(35)36)21-20-26(39-32-16-8-10-22-37-32)19-18-25-12-4-3-5-13-25/h1,3-6,12-13,20-21,26-30,32-34H,2,7-11,14-19,22-24H2,(H,35,36)/t26-,27+,28+,29-,30+,32?,33?/m0/s1. The molecule has 2 saturated heterocycles. The molecule has 0 radical (unpaired) electrons. The minimum atomic E-state index is -0.766. The van der Waals surface area contributed by atoms with E-state index in [9.17, 15) is 9.90 Å². The third kappa shape index (κ3) is 10.4. The lowest BCUT2D eigenvalue weighted by Crippen LogP contribution is -2.31. The van der Waals surface area contributed by atoms with Gasteiger partial charge in [0.05, 0.1) is 18.3 Å². The Kier molecular flexibility index (Phi) is 13.2. The van der Waals surface area contributed by atoms with E-state index in [-0.39, 0.29) is 43.0 Å². The number of aliphatic carboxylic acids is 1. The second-order valence-corrected chi connectivity index (χ2v) is 11.4. The number of ether oxygens (including phenoxy) is 4. The normalized spacial score (nSPS) is 30.2. The number of aliphatic hydroxyl groups is 1. The smallest absolute Gasteiger partial charge is 0.303 e. The van der Waals surface area contributed by atoms with Gasteiger partial charge in [-0.2, -0.15) is 0 Å². The van der Waals surface area contributed by atoms with Gasteiger partial charge in [-0.1, -0.05) is 54.6 Å². The molecule has 2 heterocycles. The summed E-state index contributed by atoms with van der Waals surface area (Å²) in [5.41, 5.74) is 1.28. The van der Waals surface area contributed by atoms with Crippen molar-refractivity contribution >= 4 is 5.97 Å². The topological polar surface area (TPSA) is 94.5 Å². The summed E-state index contributed by atoms with van der Waals surface area (Å²) >= 11 is 0. The van der Waals surface area contributed by atoms with Gasteiger partial charge in [0.1, 0.15) is 0 Å². The van der Waals surface area contributed by atoms with E-state index >= 15 is 0 Å². The first-order chi connectivity index (χ1) is 19.6. The molecule has 3 fully saturated rings. The summed E-state index contributed by atoms with van der Waals surface area (Å²) in [6.07, 6.45) is 18.2. The van der Waals surface area contributed by atoms with Gasteiger partial charge in [0.15, 0.2) is 12.6 Å². The Morgan fingerprint density at radius 2 is 1.77 bits per heavy atom. The third-order valence-corrected chi connectivity index (χ3v) is 8.27. The van der Waals surface area contributed by atoms with Gasteiger partial charge in [0.2, 0.25) is 0 Å². The minimum Gasteiger partial charge on any atom is -0.481 e. The Morgan fingerprint density at radius 1 is 1.02 bits per heavy atom. The fourth-order valence-corrected chi connectivity index (χ4v) is 6.01. The second kappa shape index (κ2) is 17.0. The number of benzene rings is 1. The SMILES string of the molecule is O=C(O)CCCC=CC[C@@H]1[C@@H](C=C[C@H](CCc2ccccc2)OC2CCCCO2)[C@H](OC2CCCCO2)C[C@@H]1O. The number of carboxylic acids is 1. The number of carbonyl (C=O) groups is 1. The van der Waals surface area contributed by atoms with E-state index in [0.29, 0.717) is 12.8 Å². The Hall–Kier alpha value is -2.03. The van der Waals surface area contributed by atoms with Gasteiger partial charge >= 0.3 is 5.97 Å². The van der Waals surface area contributed by atoms with Crippen LogP contribution in [0.15, 0.2) is 54.6 Å². The molecule has 1 saturated carbocycles. The van der Waals surface area contributed by atoms with Gasteiger partial charge in [-0.05, 0) is 82.1 Å². The minimum absolute atomic E-state index is 0.0151. The van der Waals surface area contributed by atoms with Gasteiger partial charge < -0.3 is 29.2 Å². The van der Waals surface area contributed by atoms with Crippen LogP contribution in [0.1, 0.15) is 82.6 Å². The Labute approximate surface area is 239 Å². The average Bonchev–Trinajstić information content (AvgIpc) is 3.26. The van der Waals surface area contributed by atoms with Gasteiger partial charge in [-0.15, -0.1) is 0 Å². The molecule has 0 bridgehead atoms. The Bertz CT molecular complexity index is 905. The summed E-state index contributed by atoms with van der Waals surface area (Å²) in [4.78, 5) is 10.8. The van der Waals surface area contributed by atoms with Crippen LogP contribution in [0.2, 0.25) is 0 Å². The van der Waals surface area contributed by atoms with Gasteiger partial charge in [-0.25, -0.2) is 0 Å². The lowest BCUT2D eigenvalue weighted by atomic mass is 9.89. The molecular formula is C33H48O7. The number of aryl methyl sites for hydroxylation is 1. The zero-order valence-corrected chi connectivity index (χ0v) is 23.8. The van der Waals surface area contributed by atoms with Crippen LogP contribution in [0.4, 0.5) is 0 Å². The number of rotatable bonds is 15. The maximum Gasteiger partial charge on any atom is 0.303 e. The maximum atomic E-state index is 11.1.